The highest BCUT2D eigenvalue weighted by Gasteiger charge is 2.27. The van der Waals surface area contributed by atoms with Gasteiger partial charge < -0.3 is 14.8 Å². The Morgan fingerprint density at radius 3 is 2.50 bits per heavy atom. The van der Waals surface area contributed by atoms with Gasteiger partial charge in [0.2, 0.25) is 0 Å². The van der Waals surface area contributed by atoms with Gasteiger partial charge in [0.25, 0.3) is 11.8 Å². The molecule has 0 saturated carbocycles. The Kier molecular flexibility index (Phi) is 5.63. The number of fused-ring (bicyclic) bond motifs is 2. The molecule has 2 aromatic heterocycles. The highest BCUT2D eigenvalue weighted by molar-refractivity contribution is 6.06. The first-order valence-electron chi connectivity index (χ1n) is 10.7. The Balaban J connectivity index is 1.47. The molecule has 1 aliphatic rings. The van der Waals surface area contributed by atoms with Crippen molar-refractivity contribution in [3.8, 4) is 0 Å². The van der Waals surface area contributed by atoms with Crippen LogP contribution in [0.25, 0.3) is 0 Å². The van der Waals surface area contributed by atoms with Gasteiger partial charge in [0.1, 0.15) is 17.3 Å². The summed E-state index contributed by atoms with van der Waals surface area (Å²) in [6, 6.07) is 17.3. The van der Waals surface area contributed by atoms with Crippen LogP contribution in [0.3, 0.4) is 0 Å². The van der Waals surface area contributed by atoms with Crippen molar-refractivity contribution < 1.29 is 18.4 Å². The lowest BCUT2D eigenvalue weighted by Crippen LogP contribution is -2.31. The van der Waals surface area contributed by atoms with E-state index in [2.05, 4.69) is 10.3 Å². The summed E-state index contributed by atoms with van der Waals surface area (Å²) < 4.78 is 29.4. The summed E-state index contributed by atoms with van der Waals surface area (Å²) in [5.41, 5.74) is 3.42. The smallest absolute Gasteiger partial charge is 0.268 e. The van der Waals surface area contributed by atoms with Gasteiger partial charge in [-0.05, 0) is 47.5 Å². The maximum absolute atomic E-state index is 13.8. The number of pyridine rings is 1. The fourth-order valence-corrected chi connectivity index (χ4v) is 4.15. The van der Waals surface area contributed by atoms with Crippen molar-refractivity contribution in [1.82, 2.24) is 14.9 Å². The third-order valence-corrected chi connectivity index (χ3v) is 5.77. The molecule has 6 nitrogen and oxygen atoms in total. The Morgan fingerprint density at radius 2 is 1.74 bits per heavy atom. The van der Waals surface area contributed by atoms with Gasteiger partial charge in [0.05, 0.1) is 13.1 Å². The first-order chi connectivity index (χ1) is 16.5. The van der Waals surface area contributed by atoms with Crippen LogP contribution in [0, 0.1) is 11.6 Å². The van der Waals surface area contributed by atoms with Crippen LogP contribution in [-0.4, -0.2) is 21.4 Å². The highest BCUT2D eigenvalue weighted by atomic mass is 19.1. The van der Waals surface area contributed by atoms with Crippen LogP contribution < -0.4 is 10.2 Å². The zero-order valence-electron chi connectivity index (χ0n) is 18.0. The summed E-state index contributed by atoms with van der Waals surface area (Å²) in [4.78, 5) is 31.8. The normalized spacial score (nSPS) is 12.5. The van der Waals surface area contributed by atoms with Crippen LogP contribution in [0.15, 0.2) is 79.1 Å². The lowest BCUT2D eigenvalue weighted by molar-refractivity contribution is 0.0941. The number of aromatic nitrogens is 2. The molecular formula is C26H20F2N4O2. The fourth-order valence-electron chi connectivity index (χ4n) is 4.15. The summed E-state index contributed by atoms with van der Waals surface area (Å²) in [5.74, 6) is -2.41. The van der Waals surface area contributed by atoms with Crippen molar-refractivity contribution in [2.75, 3.05) is 4.90 Å². The number of para-hydroxylation sites is 1. The van der Waals surface area contributed by atoms with E-state index in [0.717, 1.165) is 35.0 Å². The second-order valence-electron chi connectivity index (χ2n) is 8.02. The summed E-state index contributed by atoms with van der Waals surface area (Å²) in [7, 11) is 0. The topological polar surface area (TPSA) is 67.2 Å². The van der Waals surface area contributed by atoms with E-state index >= 15 is 0 Å². The summed E-state index contributed by atoms with van der Waals surface area (Å²) in [6.07, 6.45) is 3.36. The van der Waals surface area contributed by atoms with E-state index < -0.39 is 17.5 Å². The van der Waals surface area contributed by atoms with Crippen molar-refractivity contribution in [3.63, 3.8) is 0 Å². The molecule has 0 aliphatic carbocycles. The first kappa shape index (κ1) is 21.5. The minimum Gasteiger partial charge on any atom is -0.347 e. The minimum atomic E-state index is -0.817. The lowest BCUT2D eigenvalue weighted by atomic mass is 10.1. The zero-order chi connectivity index (χ0) is 23.7. The van der Waals surface area contributed by atoms with E-state index in [4.69, 9.17) is 0 Å². The van der Waals surface area contributed by atoms with Gasteiger partial charge >= 0.3 is 0 Å². The Morgan fingerprint density at radius 1 is 0.941 bits per heavy atom. The monoisotopic (exact) mass is 458 g/mol. The molecule has 0 radical (unpaired) electrons. The lowest BCUT2D eigenvalue weighted by Gasteiger charge is -2.22. The molecular weight excluding hydrogens is 438 g/mol. The van der Waals surface area contributed by atoms with E-state index in [1.807, 2.05) is 22.8 Å². The third kappa shape index (κ3) is 4.17. The molecule has 0 bridgehead atoms. The first-order valence-corrected chi connectivity index (χ1v) is 10.7. The van der Waals surface area contributed by atoms with Crippen LogP contribution in [0.4, 0.5) is 14.5 Å². The maximum atomic E-state index is 13.8. The predicted molar refractivity (Wildman–Crippen MR) is 122 cm³/mol. The second kappa shape index (κ2) is 8.90. The number of nitrogens with one attached hydrogen (secondary N) is 1. The fraction of sp³-hybridized carbons (Fsp3) is 0.115. The van der Waals surface area contributed by atoms with Crippen molar-refractivity contribution in [3.05, 3.63) is 119 Å². The van der Waals surface area contributed by atoms with Crippen LogP contribution >= 0.6 is 0 Å². The summed E-state index contributed by atoms with van der Waals surface area (Å²) >= 11 is 0. The molecule has 0 atom stereocenters. The van der Waals surface area contributed by atoms with E-state index in [0.29, 0.717) is 24.5 Å². The van der Waals surface area contributed by atoms with Crippen molar-refractivity contribution in [2.24, 2.45) is 0 Å². The number of carbonyl (C=O) groups excluding carboxylic acids is 2. The molecule has 4 aromatic rings. The predicted octanol–water partition coefficient (Wildman–Crippen LogP) is 4.30. The number of amides is 2. The number of halogens is 2. The van der Waals surface area contributed by atoms with Gasteiger partial charge in [-0.3, -0.25) is 14.6 Å². The number of hydrogen-bond acceptors (Lipinski definition) is 3. The molecule has 0 spiro atoms. The van der Waals surface area contributed by atoms with Gasteiger partial charge in [0.15, 0.2) is 0 Å². The summed E-state index contributed by atoms with van der Waals surface area (Å²) in [6.45, 7) is 0.846. The van der Waals surface area contributed by atoms with Gasteiger partial charge in [-0.1, -0.05) is 24.3 Å². The molecule has 0 saturated heterocycles. The molecule has 34 heavy (non-hydrogen) atoms. The molecule has 2 aromatic carbocycles. The Hall–Kier alpha value is -4.33. The van der Waals surface area contributed by atoms with E-state index in [1.165, 1.54) is 4.90 Å². The molecule has 3 heterocycles. The molecule has 1 N–H and O–H groups in total. The quantitative estimate of drug-likeness (QED) is 0.496. The van der Waals surface area contributed by atoms with E-state index in [9.17, 15) is 18.4 Å². The summed E-state index contributed by atoms with van der Waals surface area (Å²) in [5, 5.41) is 2.90. The van der Waals surface area contributed by atoms with Crippen molar-refractivity contribution in [2.45, 2.75) is 19.6 Å². The molecule has 0 unspecified atom stereocenters. The van der Waals surface area contributed by atoms with Gasteiger partial charge in [-0.2, -0.15) is 0 Å². The molecule has 8 heteroatoms. The second-order valence-corrected chi connectivity index (χ2v) is 8.02. The molecule has 170 valence electrons. The van der Waals surface area contributed by atoms with E-state index in [-0.39, 0.29) is 18.0 Å². The average molecular weight is 458 g/mol. The van der Waals surface area contributed by atoms with Crippen LogP contribution in [0.1, 0.15) is 37.7 Å². The number of hydrogen-bond donors (Lipinski definition) is 1. The van der Waals surface area contributed by atoms with Crippen LogP contribution in [-0.2, 0) is 19.6 Å². The number of rotatable bonds is 4. The van der Waals surface area contributed by atoms with Gasteiger partial charge in [0, 0.05) is 41.9 Å². The van der Waals surface area contributed by atoms with Crippen LogP contribution in [0.5, 0.6) is 0 Å². The van der Waals surface area contributed by atoms with Gasteiger partial charge in [-0.25, -0.2) is 8.78 Å². The van der Waals surface area contributed by atoms with Crippen LogP contribution in [0.2, 0.25) is 0 Å². The standard InChI is InChI=1S/C26H20F2N4O2/c27-20-10-19(11-21(28)12-20)26(34)32-16-22-7-8-24(25(33)30-14-17-4-3-9-29-13-17)31(22)15-18-5-1-2-6-23(18)32/h1-13H,14-16H2,(H,30,33). The molecule has 0 fully saturated rings. The SMILES string of the molecule is O=C(NCc1cccnc1)c1ccc2n1Cc1ccccc1N(C(=O)c1cc(F)cc(F)c1)C2. The number of nitrogens with zero attached hydrogens (tertiary/aromatic N) is 3. The largest absolute Gasteiger partial charge is 0.347 e. The molecule has 1 aliphatic heterocycles. The third-order valence-electron chi connectivity index (χ3n) is 5.77. The Bertz CT molecular complexity index is 1360. The van der Waals surface area contributed by atoms with Crippen molar-refractivity contribution >= 4 is 17.5 Å². The number of carbonyl (C=O) groups is 2. The average Bonchev–Trinajstić information content (AvgIpc) is 3.15. The minimum absolute atomic E-state index is 0.0817. The maximum Gasteiger partial charge on any atom is 0.268 e. The van der Waals surface area contributed by atoms with Crippen molar-refractivity contribution in [1.29, 1.82) is 0 Å². The van der Waals surface area contributed by atoms with Gasteiger partial charge in [-0.15, -0.1) is 0 Å². The Labute approximate surface area is 194 Å². The number of benzene rings is 2. The zero-order valence-corrected chi connectivity index (χ0v) is 18.0. The molecule has 5 rings (SSSR count). The highest BCUT2D eigenvalue weighted by Crippen LogP contribution is 2.30. The molecule has 2 amide bonds. The van der Waals surface area contributed by atoms with E-state index in [1.54, 1.807) is 42.7 Å². The number of anilines is 1.